The van der Waals surface area contributed by atoms with E-state index in [0.29, 0.717) is 49.0 Å². The molecule has 2 aromatic carbocycles. The summed E-state index contributed by atoms with van der Waals surface area (Å²) in [5.74, 6) is 0.950. The van der Waals surface area contributed by atoms with E-state index in [4.69, 9.17) is 13.9 Å². The number of esters is 1. The number of furan rings is 1. The molecule has 3 heterocycles. The monoisotopic (exact) mass is 459 g/mol. The lowest BCUT2D eigenvalue weighted by Crippen LogP contribution is -2.41. The average molecular weight is 460 g/mol. The Labute approximate surface area is 196 Å². The molecule has 0 unspecified atom stereocenters. The fraction of sp³-hybridized carbons (Fsp3) is 0.269. The molecule has 0 radical (unpaired) electrons. The number of hydrogen-bond donors (Lipinski definition) is 1. The van der Waals surface area contributed by atoms with Crippen molar-refractivity contribution in [1.82, 2.24) is 9.88 Å². The van der Waals surface area contributed by atoms with Crippen molar-refractivity contribution in [3.05, 3.63) is 65.9 Å². The zero-order chi connectivity index (χ0) is 23.7. The molecular formula is C26H25N3O5. The van der Waals surface area contributed by atoms with Crippen molar-refractivity contribution in [3.63, 3.8) is 0 Å². The standard InChI is InChI=1S/C26H25N3O5/c1-16-7-9-20(24(28-31)29-13-11-17(12-14-29)26(30)32-2)25(27-16)33-18-8-10-23-21(15-18)19-5-3-4-6-22(19)34-23/h3-10,15,17,31H,11-14H2,1-2H3/b28-24-. The molecule has 8 nitrogen and oxygen atoms in total. The topological polar surface area (TPSA) is 97.4 Å². The molecule has 2 aromatic heterocycles. The molecule has 0 spiro atoms. The summed E-state index contributed by atoms with van der Waals surface area (Å²) < 4.78 is 17.0. The van der Waals surface area contributed by atoms with Crippen LogP contribution in [0.15, 0.2) is 64.2 Å². The van der Waals surface area contributed by atoms with Crippen molar-refractivity contribution < 1.29 is 23.9 Å². The van der Waals surface area contributed by atoms with Gasteiger partial charge in [-0.25, -0.2) is 4.98 Å². The van der Waals surface area contributed by atoms with Gasteiger partial charge in [0.15, 0.2) is 5.84 Å². The van der Waals surface area contributed by atoms with Gasteiger partial charge < -0.3 is 24.0 Å². The maximum atomic E-state index is 11.9. The summed E-state index contributed by atoms with van der Waals surface area (Å²) in [6.45, 7) is 2.99. The Morgan fingerprint density at radius 1 is 1.09 bits per heavy atom. The highest BCUT2D eigenvalue weighted by Crippen LogP contribution is 2.34. The van der Waals surface area contributed by atoms with Crippen molar-refractivity contribution in [2.24, 2.45) is 11.1 Å². The third-order valence-corrected chi connectivity index (χ3v) is 6.23. The number of para-hydroxylation sites is 1. The van der Waals surface area contributed by atoms with Crippen molar-refractivity contribution in [2.75, 3.05) is 20.2 Å². The highest BCUT2D eigenvalue weighted by Gasteiger charge is 2.29. The summed E-state index contributed by atoms with van der Waals surface area (Å²) in [6, 6.07) is 17.2. The predicted octanol–water partition coefficient (Wildman–Crippen LogP) is 5.10. The van der Waals surface area contributed by atoms with E-state index >= 15 is 0 Å². The summed E-state index contributed by atoms with van der Waals surface area (Å²) in [6.07, 6.45) is 1.23. The highest BCUT2D eigenvalue weighted by atomic mass is 16.5. The van der Waals surface area contributed by atoms with Crippen LogP contribution in [0.1, 0.15) is 24.1 Å². The number of carbonyl (C=O) groups is 1. The largest absolute Gasteiger partial charge is 0.469 e. The van der Waals surface area contributed by atoms with Crippen molar-refractivity contribution in [3.8, 4) is 11.6 Å². The molecule has 34 heavy (non-hydrogen) atoms. The Morgan fingerprint density at radius 3 is 2.62 bits per heavy atom. The van der Waals surface area contributed by atoms with Crippen LogP contribution in [0.4, 0.5) is 0 Å². The number of piperidine rings is 1. The molecule has 0 bridgehead atoms. The first-order valence-electron chi connectivity index (χ1n) is 11.2. The highest BCUT2D eigenvalue weighted by molar-refractivity contribution is 6.05. The van der Waals surface area contributed by atoms with E-state index in [9.17, 15) is 10.0 Å². The lowest BCUT2D eigenvalue weighted by molar-refractivity contribution is -0.146. The van der Waals surface area contributed by atoms with Gasteiger partial charge in [-0.1, -0.05) is 23.4 Å². The van der Waals surface area contributed by atoms with Crippen LogP contribution >= 0.6 is 0 Å². The van der Waals surface area contributed by atoms with Crippen molar-refractivity contribution >= 4 is 33.7 Å². The zero-order valence-electron chi connectivity index (χ0n) is 19.0. The normalized spacial score (nSPS) is 15.1. The minimum atomic E-state index is -0.203. The van der Waals surface area contributed by atoms with Gasteiger partial charge in [-0.2, -0.15) is 0 Å². The second kappa shape index (κ2) is 9.05. The van der Waals surface area contributed by atoms with E-state index in [1.54, 1.807) is 0 Å². The average Bonchev–Trinajstić information content (AvgIpc) is 3.23. The van der Waals surface area contributed by atoms with Gasteiger partial charge in [-0.05, 0) is 56.2 Å². The Bertz CT molecular complexity index is 1390. The van der Waals surface area contributed by atoms with Gasteiger partial charge in [0.05, 0.1) is 18.6 Å². The fourth-order valence-corrected chi connectivity index (χ4v) is 4.44. The van der Waals surface area contributed by atoms with Crippen LogP contribution in [-0.2, 0) is 9.53 Å². The number of fused-ring (bicyclic) bond motifs is 3. The number of oxime groups is 1. The molecule has 8 heteroatoms. The second-order valence-corrected chi connectivity index (χ2v) is 8.37. The van der Waals surface area contributed by atoms with E-state index in [-0.39, 0.29) is 11.9 Å². The van der Waals surface area contributed by atoms with Gasteiger partial charge in [0.25, 0.3) is 0 Å². The number of amidine groups is 1. The second-order valence-electron chi connectivity index (χ2n) is 8.37. The fourth-order valence-electron chi connectivity index (χ4n) is 4.44. The number of nitrogens with zero attached hydrogens (tertiary/aromatic N) is 3. The Hall–Kier alpha value is -4.07. The van der Waals surface area contributed by atoms with Crippen LogP contribution < -0.4 is 4.74 Å². The third-order valence-electron chi connectivity index (χ3n) is 6.23. The molecule has 174 valence electrons. The first-order valence-corrected chi connectivity index (χ1v) is 11.2. The summed E-state index contributed by atoms with van der Waals surface area (Å²) in [5.41, 5.74) is 2.93. The van der Waals surface area contributed by atoms with E-state index < -0.39 is 0 Å². The Morgan fingerprint density at radius 2 is 1.85 bits per heavy atom. The molecule has 0 saturated carbocycles. The molecule has 0 atom stereocenters. The van der Waals surface area contributed by atoms with Crippen LogP contribution in [0.3, 0.4) is 0 Å². The Balaban J connectivity index is 1.45. The van der Waals surface area contributed by atoms with Gasteiger partial charge in [0.1, 0.15) is 16.9 Å². The van der Waals surface area contributed by atoms with Gasteiger partial charge in [-0.15, -0.1) is 0 Å². The number of aromatic nitrogens is 1. The molecule has 1 aliphatic heterocycles. The SMILES string of the molecule is COC(=O)C1CCN(/C(=N\O)c2ccc(C)nc2Oc2ccc3oc4ccccc4c3c2)CC1. The molecule has 5 rings (SSSR count). The predicted molar refractivity (Wildman–Crippen MR) is 127 cm³/mol. The number of benzene rings is 2. The summed E-state index contributed by atoms with van der Waals surface area (Å²) >= 11 is 0. The quantitative estimate of drug-likeness (QED) is 0.149. The minimum absolute atomic E-state index is 0.149. The molecule has 0 amide bonds. The van der Waals surface area contributed by atoms with Gasteiger partial charge in [0.2, 0.25) is 5.88 Å². The summed E-state index contributed by atoms with van der Waals surface area (Å²) in [5, 5.41) is 15.4. The lowest BCUT2D eigenvalue weighted by Gasteiger charge is -2.32. The number of rotatable bonds is 4. The van der Waals surface area contributed by atoms with Gasteiger partial charge in [-0.3, -0.25) is 4.79 Å². The maximum Gasteiger partial charge on any atom is 0.308 e. The molecule has 1 aliphatic rings. The van der Waals surface area contributed by atoms with E-state index in [1.165, 1.54) is 7.11 Å². The maximum absolute atomic E-state index is 11.9. The van der Waals surface area contributed by atoms with Gasteiger partial charge >= 0.3 is 5.97 Å². The number of ether oxygens (including phenoxy) is 2. The minimum Gasteiger partial charge on any atom is -0.469 e. The van der Waals surface area contributed by atoms with Crippen molar-refractivity contribution in [1.29, 1.82) is 0 Å². The van der Waals surface area contributed by atoms with E-state index in [1.807, 2.05) is 66.4 Å². The molecule has 4 aromatic rings. The van der Waals surface area contributed by atoms with Crippen molar-refractivity contribution in [2.45, 2.75) is 19.8 Å². The van der Waals surface area contributed by atoms with Gasteiger partial charge in [0, 0.05) is 29.6 Å². The van der Waals surface area contributed by atoms with Crippen LogP contribution in [0.5, 0.6) is 11.6 Å². The van der Waals surface area contributed by atoms with Crippen LogP contribution in [0.2, 0.25) is 0 Å². The van der Waals surface area contributed by atoms with Crippen LogP contribution in [-0.4, -0.2) is 47.1 Å². The first-order chi connectivity index (χ1) is 16.6. The molecular weight excluding hydrogens is 434 g/mol. The zero-order valence-corrected chi connectivity index (χ0v) is 19.0. The van der Waals surface area contributed by atoms with Crippen LogP contribution in [0, 0.1) is 12.8 Å². The summed E-state index contributed by atoms with van der Waals surface area (Å²) in [7, 11) is 1.40. The number of methoxy groups -OCH3 is 1. The van der Waals surface area contributed by atoms with E-state index in [0.717, 1.165) is 27.6 Å². The third kappa shape index (κ3) is 4.03. The Kier molecular flexibility index (Phi) is 5.79. The first kappa shape index (κ1) is 21.8. The smallest absolute Gasteiger partial charge is 0.308 e. The number of aryl methyl sites for hydroxylation is 1. The number of likely N-dealkylation sites (tertiary alicyclic amines) is 1. The summed E-state index contributed by atoms with van der Waals surface area (Å²) in [4.78, 5) is 18.4. The van der Waals surface area contributed by atoms with E-state index in [2.05, 4.69) is 10.1 Å². The number of carbonyl (C=O) groups excluding carboxylic acids is 1. The number of pyridine rings is 1. The lowest BCUT2D eigenvalue weighted by atomic mass is 9.96. The number of hydrogen-bond acceptors (Lipinski definition) is 7. The molecule has 0 aliphatic carbocycles. The molecule has 1 saturated heterocycles. The molecule has 1 N–H and O–H groups in total. The molecule has 1 fully saturated rings. The van der Waals surface area contributed by atoms with Crippen LogP contribution in [0.25, 0.3) is 21.9 Å².